The van der Waals surface area contributed by atoms with E-state index in [4.69, 9.17) is 0 Å². The number of carbonyl (C=O) groups excluding carboxylic acids is 1. The van der Waals surface area contributed by atoms with Crippen LogP contribution in [0.15, 0.2) is 12.2 Å². The summed E-state index contributed by atoms with van der Waals surface area (Å²) in [6, 6.07) is 0. The molecule has 0 spiro atoms. The van der Waals surface area contributed by atoms with E-state index in [2.05, 4.69) is 53.7 Å². The zero-order valence-corrected chi connectivity index (χ0v) is 17.4. The second-order valence-corrected chi connectivity index (χ2v) is 10.3. The highest BCUT2D eigenvalue weighted by atomic mass is 16.1. The molecule has 0 bridgehead atoms. The number of allylic oxidation sites excluding steroid dienone is 2. The second kappa shape index (κ2) is 7.20. The van der Waals surface area contributed by atoms with Gasteiger partial charge in [0.1, 0.15) is 5.78 Å². The first-order chi connectivity index (χ1) is 11.8. The average Bonchev–Trinajstić information content (AvgIpc) is 2.92. The number of ketones is 1. The molecule has 142 valence electrons. The van der Waals surface area contributed by atoms with Crippen LogP contribution >= 0.6 is 0 Å². The standard InChI is InChI=1S/C24H40O/c1-15(2)16(3)7-8-17(4)21-10-11-22-20-9-12-23(25)18(5)19(20)13-14-24(21,22)6/h7-8,15-22H,9-14H2,1-6H3/b8-7+/t16-,17+,18-,19+,20+,21-,22+,24+/m0/s1. The number of carbonyl (C=O) groups is 1. The molecular weight excluding hydrogens is 304 g/mol. The average molecular weight is 345 g/mol. The van der Waals surface area contributed by atoms with Crippen molar-refractivity contribution >= 4 is 5.78 Å². The van der Waals surface area contributed by atoms with E-state index < -0.39 is 0 Å². The van der Waals surface area contributed by atoms with Gasteiger partial charge in [0, 0.05) is 12.3 Å². The molecule has 3 aliphatic carbocycles. The third kappa shape index (κ3) is 3.37. The van der Waals surface area contributed by atoms with Crippen LogP contribution in [0, 0.1) is 52.8 Å². The summed E-state index contributed by atoms with van der Waals surface area (Å²) < 4.78 is 0. The van der Waals surface area contributed by atoms with Crippen molar-refractivity contribution in [3.8, 4) is 0 Å². The largest absolute Gasteiger partial charge is 0.299 e. The van der Waals surface area contributed by atoms with Gasteiger partial charge in [-0.3, -0.25) is 4.79 Å². The summed E-state index contributed by atoms with van der Waals surface area (Å²) in [6.45, 7) is 14.3. The number of fused-ring (bicyclic) bond motifs is 3. The second-order valence-electron chi connectivity index (χ2n) is 10.3. The molecule has 3 aliphatic rings. The van der Waals surface area contributed by atoms with Crippen LogP contribution in [-0.4, -0.2) is 5.78 Å². The Morgan fingerprint density at radius 3 is 2.40 bits per heavy atom. The number of rotatable bonds is 4. The maximum absolute atomic E-state index is 12.2. The van der Waals surface area contributed by atoms with Crippen LogP contribution in [0.2, 0.25) is 0 Å². The SMILES string of the molecule is CC(C)[C@@H](C)/C=C/[C@@H](C)[C@@H]1CC[C@@H]2[C@@H]3CCC(=O)[C@@H](C)[C@H]3CC[C@@]21C. The van der Waals surface area contributed by atoms with Gasteiger partial charge in [0.05, 0.1) is 0 Å². The van der Waals surface area contributed by atoms with Crippen molar-refractivity contribution in [3.05, 3.63) is 12.2 Å². The Kier molecular flexibility index (Phi) is 5.52. The molecule has 0 heterocycles. The number of hydrogen-bond donors (Lipinski definition) is 0. The molecule has 3 fully saturated rings. The molecule has 25 heavy (non-hydrogen) atoms. The van der Waals surface area contributed by atoms with Gasteiger partial charge in [-0.05, 0) is 78.9 Å². The maximum atomic E-state index is 12.2. The Bertz CT molecular complexity index is 518. The Hall–Kier alpha value is -0.590. The highest BCUT2D eigenvalue weighted by Crippen LogP contribution is 2.63. The van der Waals surface area contributed by atoms with Gasteiger partial charge in [-0.2, -0.15) is 0 Å². The molecular formula is C24H40O. The zero-order chi connectivity index (χ0) is 18.4. The van der Waals surface area contributed by atoms with E-state index in [1.54, 1.807) is 0 Å². The Morgan fingerprint density at radius 1 is 1.00 bits per heavy atom. The Morgan fingerprint density at radius 2 is 1.72 bits per heavy atom. The van der Waals surface area contributed by atoms with Crippen molar-refractivity contribution in [1.82, 2.24) is 0 Å². The van der Waals surface area contributed by atoms with Gasteiger partial charge in [-0.1, -0.05) is 53.7 Å². The molecule has 0 amide bonds. The van der Waals surface area contributed by atoms with E-state index in [0.717, 1.165) is 30.1 Å². The maximum Gasteiger partial charge on any atom is 0.135 e. The van der Waals surface area contributed by atoms with Gasteiger partial charge in [0.15, 0.2) is 0 Å². The van der Waals surface area contributed by atoms with Crippen molar-refractivity contribution < 1.29 is 4.79 Å². The number of hydrogen-bond acceptors (Lipinski definition) is 1. The molecule has 0 unspecified atom stereocenters. The molecule has 0 N–H and O–H groups in total. The minimum absolute atomic E-state index is 0.326. The third-order valence-corrected chi connectivity index (χ3v) is 8.84. The van der Waals surface area contributed by atoms with Gasteiger partial charge in [0.25, 0.3) is 0 Å². The lowest BCUT2D eigenvalue weighted by atomic mass is 9.52. The van der Waals surface area contributed by atoms with E-state index in [-0.39, 0.29) is 0 Å². The van der Waals surface area contributed by atoms with Gasteiger partial charge < -0.3 is 0 Å². The summed E-state index contributed by atoms with van der Waals surface area (Å²) in [7, 11) is 0. The molecule has 0 saturated heterocycles. The first kappa shape index (κ1) is 19.2. The molecule has 0 aromatic carbocycles. The highest BCUT2D eigenvalue weighted by Gasteiger charge is 2.56. The lowest BCUT2D eigenvalue weighted by Crippen LogP contribution is -2.47. The fourth-order valence-corrected chi connectivity index (χ4v) is 6.74. The summed E-state index contributed by atoms with van der Waals surface area (Å²) in [5, 5.41) is 0. The summed E-state index contributed by atoms with van der Waals surface area (Å²) in [5.74, 6) is 6.17. The van der Waals surface area contributed by atoms with E-state index in [1.807, 2.05) is 0 Å². The summed E-state index contributed by atoms with van der Waals surface area (Å²) in [6.07, 6.45) is 12.5. The Labute approximate surface area is 156 Å². The first-order valence-corrected chi connectivity index (χ1v) is 11.0. The van der Waals surface area contributed by atoms with Crippen molar-refractivity contribution in [2.24, 2.45) is 52.8 Å². The molecule has 8 atom stereocenters. The van der Waals surface area contributed by atoms with Crippen LogP contribution in [0.5, 0.6) is 0 Å². The summed E-state index contributed by atoms with van der Waals surface area (Å²) >= 11 is 0. The minimum Gasteiger partial charge on any atom is -0.299 e. The van der Waals surface area contributed by atoms with E-state index in [0.29, 0.717) is 34.9 Å². The van der Waals surface area contributed by atoms with Crippen molar-refractivity contribution in [2.75, 3.05) is 0 Å². The van der Waals surface area contributed by atoms with Gasteiger partial charge in [0.2, 0.25) is 0 Å². The molecule has 1 heteroatoms. The van der Waals surface area contributed by atoms with E-state index >= 15 is 0 Å². The fourth-order valence-electron chi connectivity index (χ4n) is 6.74. The van der Waals surface area contributed by atoms with E-state index in [1.165, 1.54) is 32.1 Å². The minimum atomic E-state index is 0.326. The van der Waals surface area contributed by atoms with Crippen LogP contribution in [0.4, 0.5) is 0 Å². The highest BCUT2D eigenvalue weighted by molar-refractivity contribution is 5.81. The van der Waals surface area contributed by atoms with Gasteiger partial charge in [-0.25, -0.2) is 0 Å². The summed E-state index contributed by atoms with van der Waals surface area (Å²) in [4.78, 5) is 12.2. The monoisotopic (exact) mass is 344 g/mol. The van der Waals surface area contributed by atoms with Crippen LogP contribution in [0.1, 0.15) is 80.1 Å². The molecule has 0 aromatic rings. The lowest BCUT2D eigenvalue weighted by Gasteiger charge is -2.52. The molecule has 0 aromatic heterocycles. The predicted molar refractivity (Wildman–Crippen MR) is 106 cm³/mol. The first-order valence-electron chi connectivity index (χ1n) is 11.0. The molecule has 3 saturated carbocycles. The van der Waals surface area contributed by atoms with Crippen molar-refractivity contribution in [2.45, 2.75) is 80.1 Å². The van der Waals surface area contributed by atoms with Gasteiger partial charge in [-0.15, -0.1) is 0 Å². The van der Waals surface area contributed by atoms with Crippen molar-refractivity contribution in [1.29, 1.82) is 0 Å². The van der Waals surface area contributed by atoms with Gasteiger partial charge >= 0.3 is 0 Å². The third-order valence-electron chi connectivity index (χ3n) is 8.84. The van der Waals surface area contributed by atoms with Crippen LogP contribution in [-0.2, 0) is 4.79 Å². The molecule has 0 aliphatic heterocycles. The Balaban J connectivity index is 1.73. The van der Waals surface area contributed by atoms with Crippen molar-refractivity contribution in [3.63, 3.8) is 0 Å². The predicted octanol–water partition coefficient (Wildman–Crippen LogP) is 6.53. The van der Waals surface area contributed by atoms with Crippen LogP contribution < -0.4 is 0 Å². The number of Topliss-reactive ketones (excluding diaryl/α,β-unsaturated/α-hetero) is 1. The fraction of sp³-hybridized carbons (Fsp3) is 0.875. The smallest absolute Gasteiger partial charge is 0.135 e. The van der Waals surface area contributed by atoms with E-state index in [9.17, 15) is 4.79 Å². The molecule has 0 radical (unpaired) electrons. The molecule has 3 rings (SSSR count). The molecule has 1 nitrogen and oxygen atoms in total. The normalized spacial score (nSPS) is 44.0. The lowest BCUT2D eigenvalue weighted by molar-refractivity contribution is -0.132. The zero-order valence-electron chi connectivity index (χ0n) is 17.4. The topological polar surface area (TPSA) is 17.1 Å². The summed E-state index contributed by atoms with van der Waals surface area (Å²) in [5.41, 5.74) is 0.506. The van der Waals surface area contributed by atoms with Crippen LogP contribution in [0.3, 0.4) is 0 Å². The van der Waals surface area contributed by atoms with Crippen LogP contribution in [0.25, 0.3) is 0 Å². The quantitative estimate of drug-likeness (QED) is 0.530.